The zero-order chi connectivity index (χ0) is 23.3. The van der Waals surface area contributed by atoms with Gasteiger partial charge in [0.1, 0.15) is 5.75 Å². The highest BCUT2D eigenvalue weighted by Crippen LogP contribution is 2.34. The van der Waals surface area contributed by atoms with Crippen LogP contribution in [0.3, 0.4) is 0 Å². The van der Waals surface area contributed by atoms with E-state index in [-0.39, 0.29) is 5.69 Å². The molecule has 9 heteroatoms. The minimum atomic E-state index is -4.77. The van der Waals surface area contributed by atoms with Gasteiger partial charge in [0.05, 0.1) is 24.1 Å². The van der Waals surface area contributed by atoms with Crippen molar-refractivity contribution in [2.45, 2.75) is 19.5 Å². The molecule has 1 aromatic heterocycles. The molecule has 0 aliphatic carbocycles. The number of ether oxygens (including phenoxy) is 1. The summed E-state index contributed by atoms with van der Waals surface area (Å²) in [5.74, 6) is -0.276. The maximum atomic E-state index is 13.8. The molecule has 3 aromatic rings. The van der Waals surface area contributed by atoms with E-state index in [0.29, 0.717) is 23.6 Å². The number of aryl methyl sites for hydroxylation is 1. The third kappa shape index (κ3) is 5.67. The number of carbonyl (C=O) groups is 1. The highest BCUT2D eigenvalue weighted by molar-refractivity contribution is 6.05. The van der Waals surface area contributed by atoms with Gasteiger partial charge >= 0.3 is 6.18 Å². The molecular weight excluding hydrogens is 421 g/mol. The molecule has 0 aliphatic heterocycles. The molecular formula is C23H25F3N4O2. The molecule has 1 amide bonds. The van der Waals surface area contributed by atoms with E-state index in [9.17, 15) is 18.0 Å². The number of rotatable bonds is 8. The van der Waals surface area contributed by atoms with E-state index in [4.69, 9.17) is 4.74 Å². The molecule has 0 bridgehead atoms. The highest BCUT2D eigenvalue weighted by Gasteiger charge is 2.40. The molecule has 6 nitrogen and oxygen atoms in total. The number of aromatic nitrogens is 2. The fourth-order valence-corrected chi connectivity index (χ4v) is 3.17. The second-order valence-electron chi connectivity index (χ2n) is 7.59. The maximum Gasteiger partial charge on any atom is 0.434 e. The van der Waals surface area contributed by atoms with Gasteiger partial charge in [0, 0.05) is 12.2 Å². The van der Waals surface area contributed by atoms with Gasteiger partial charge in [0.2, 0.25) is 0 Å². The second-order valence-corrected chi connectivity index (χ2v) is 7.59. The van der Waals surface area contributed by atoms with Crippen LogP contribution in [0.2, 0.25) is 0 Å². The van der Waals surface area contributed by atoms with Crippen LogP contribution in [-0.4, -0.2) is 47.8 Å². The standard InChI is InChI=1S/C23H25F3N4O2/c1-16-7-4-5-8-20(16)30-21(23(24,25)26)19(15-27-30)22(31)28-17-9-11-18(12-10-17)32-14-6-13-29(2)3/h4-5,7-12,15H,6,13-14H2,1-3H3,(H,28,31). The van der Waals surface area contributed by atoms with E-state index in [1.165, 1.54) is 6.07 Å². The van der Waals surface area contributed by atoms with Crippen molar-refractivity contribution >= 4 is 11.6 Å². The summed E-state index contributed by atoms with van der Waals surface area (Å²) >= 11 is 0. The lowest BCUT2D eigenvalue weighted by molar-refractivity contribution is -0.143. The average Bonchev–Trinajstić information content (AvgIpc) is 3.18. The first-order chi connectivity index (χ1) is 15.2. The summed E-state index contributed by atoms with van der Waals surface area (Å²) in [5.41, 5.74) is -0.453. The number of carbonyl (C=O) groups excluding carboxylic acids is 1. The quantitative estimate of drug-likeness (QED) is 0.506. The molecule has 0 atom stereocenters. The number of hydrogen-bond donors (Lipinski definition) is 1. The summed E-state index contributed by atoms with van der Waals surface area (Å²) in [6, 6.07) is 13.0. The lowest BCUT2D eigenvalue weighted by atomic mass is 10.1. The Kier molecular flexibility index (Phi) is 7.19. The minimum absolute atomic E-state index is 0.259. The van der Waals surface area contributed by atoms with E-state index in [1.54, 1.807) is 49.4 Å². The van der Waals surface area contributed by atoms with Crippen molar-refractivity contribution in [3.8, 4) is 11.4 Å². The van der Waals surface area contributed by atoms with E-state index in [1.807, 2.05) is 14.1 Å². The first-order valence-electron chi connectivity index (χ1n) is 10.1. The van der Waals surface area contributed by atoms with Crippen LogP contribution < -0.4 is 10.1 Å². The van der Waals surface area contributed by atoms with Crippen molar-refractivity contribution < 1.29 is 22.7 Å². The Labute approximate surface area is 184 Å². The van der Waals surface area contributed by atoms with Gasteiger partial charge in [-0.15, -0.1) is 0 Å². The Morgan fingerprint density at radius 1 is 1.12 bits per heavy atom. The van der Waals surface area contributed by atoms with Crippen molar-refractivity contribution in [3.63, 3.8) is 0 Å². The van der Waals surface area contributed by atoms with Crippen molar-refractivity contribution in [1.29, 1.82) is 0 Å². The van der Waals surface area contributed by atoms with E-state index in [2.05, 4.69) is 15.3 Å². The highest BCUT2D eigenvalue weighted by atomic mass is 19.4. The molecule has 0 saturated carbocycles. The zero-order valence-electron chi connectivity index (χ0n) is 18.1. The smallest absolute Gasteiger partial charge is 0.434 e. The van der Waals surface area contributed by atoms with Crippen LogP contribution in [0, 0.1) is 6.92 Å². The predicted octanol–water partition coefficient (Wildman–Crippen LogP) is 4.78. The predicted molar refractivity (Wildman–Crippen MR) is 116 cm³/mol. The molecule has 1 N–H and O–H groups in total. The first kappa shape index (κ1) is 23.3. The summed E-state index contributed by atoms with van der Waals surface area (Å²) in [4.78, 5) is 14.7. The normalized spacial score (nSPS) is 11.6. The molecule has 3 rings (SSSR count). The molecule has 0 saturated heterocycles. The number of nitrogens with zero attached hydrogens (tertiary/aromatic N) is 3. The fraction of sp³-hybridized carbons (Fsp3) is 0.304. The minimum Gasteiger partial charge on any atom is -0.494 e. The van der Waals surface area contributed by atoms with Crippen molar-refractivity contribution in [2.75, 3.05) is 32.6 Å². The van der Waals surface area contributed by atoms with Crippen LogP contribution in [0.5, 0.6) is 5.75 Å². The van der Waals surface area contributed by atoms with Crippen molar-refractivity contribution in [1.82, 2.24) is 14.7 Å². The van der Waals surface area contributed by atoms with Crippen LogP contribution in [0.25, 0.3) is 5.69 Å². The Bertz CT molecular complexity index is 1060. The van der Waals surface area contributed by atoms with Crippen LogP contribution >= 0.6 is 0 Å². The summed E-state index contributed by atoms with van der Waals surface area (Å²) in [5, 5.41) is 6.36. The number of amides is 1. The lowest BCUT2D eigenvalue weighted by Crippen LogP contribution is -2.21. The van der Waals surface area contributed by atoms with Gasteiger partial charge in [-0.25, -0.2) is 4.68 Å². The zero-order valence-corrected chi connectivity index (χ0v) is 18.1. The first-order valence-corrected chi connectivity index (χ1v) is 10.1. The summed E-state index contributed by atoms with van der Waals surface area (Å²) in [7, 11) is 3.96. The Morgan fingerprint density at radius 3 is 2.44 bits per heavy atom. The molecule has 0 unspecified atom stereocenters. The van der Waals surface area contributed by atoms with Crippen LogP contribution in [-0.2, 0) is 6.18 Å². The molecule has 0 aliphatic rings. The molecule has 170 valence electrons. The molecule has 0 spiro atoms. The molecule has 0 radical (unpaired) electrons. The van der Waals surface area contributed by atoms with Gasteiger partial charge < -0.3 is 15.0 Å². The Morgan fingerprint density at radius 2 is 1.81 bits per heavy atom. The van der Waals surface area contributed by atoms with Crippen molar-refractivity contribution in [3.05, 3.63) is 71.5 Å². The topological polar surface area (TPSA) is 59.4 Å². The van der Waals surface area contributed by atoms with E-state index >= 15 is 0 Å². The van der Waals surface area contributed by atoms with Crippen LogP contribution in [0.1, 0.15) is 28.0 Å². The summed E-state index contributed by atoms with van der Waals surface area (Å²) < 4.78 is 47.9. The number of nitrogens with one attached hydrogen (secondary N) is 1. The molecule has 2 aromatic carbocycles. The van der Waals surface area contributed by atoms with E-state index < -0.39 is 23.3 Å². The monoisotopic (exact) mass is 446 g/mol. The lowest BCUT2D eigenvalue weighted by Gasteiger charge is -2.14. The van der Waals surface area contributed by atoms with Gasteiger partial charge in [-0.3, -0.25) is 4.79 Å². The maximum absolute atomic E-state index is 13.8. The number of anilines is 1. The van der Waals surface area contributed by atoms with Gasteiger partial charge in [-0.2, -0.15) is 18.3 Å². The molecule has 1 heterocycles. The summed E-state index contributed by atoms with van der Waals surface area (Å²) in [6.45, 7) is 3.11. The van der Waals surface area contributed by atoms with Gasteiger partial charge in [0.25, 0.3) is 5.91 Å². The van der Waals surface area contributed by atoms with Crippen LogP contribution in [0.15, 0.2) is 54.7 Å². The Hall–Kier alpha value is -3.33. The van der Waals surface area contributed by atoms with E-state index in [0.717, 1.165) is 23.8 Å². The molecule has 32 heavy (non-hydrogen) atoms. The fourth-order valence-electron chi connectivity index (χ4n) is 3.17. The third-order valence-corrected chi connectivity index (χ3v) is 4.76. The number of hydrogen-bond acceptors (Lipinski definition) is 4. The number of para-hydroxylation sites is 1. The SMILES string of the molecule is Cc1ccccc1-n1ncc(C(=O)Nc2ccc(OCCCN(C)C)cc2)c1C(F)(F)F. The number of halogens is 3. The average molecular weight is 446 g/mol. The Balaban J connectivity index is 1.76. The van der Waals surface area contributed by atoms with Crippen molar-refractivity contribution in [2.24, 2.45) is 0 Å². The largest absolute Gasteiger partial charge is 0.494 e. The summed E-state index contributed by atoms with van der Waals surface area (Å²) in [6.07, 6.45) is -2.97. The number of alkyl halides is 3. The van der Waals surface area contributed by atoms with Gasteiger partial charge in [-0.1, -0.05) is 18.2 Å². The van der Waals surface area contributed by atoms with Crippen LogP contribution in [0.4, 0.5) is 18.9 Å². The van der Waals surface area contributed by atoms with Gasteiger partial charge in [0.15, 0.2) is 5.69 Å². The second kappa shape index (κ2) is 9.86. The van der Waals surface area contributed by atoms with Gasteiger partial charge in [-0.05, 0) is 63.3 Å². The number of benzene rings is 2. The molecule has 0 fully saturated rings. The third-order valence-electron chi connectivity index (χ3n) is 4.76.